The highest BCUT2D eigenvalue weighted by molar-refractivity contribution is 5.76. The summed E-state index contributed by atoms with van der Waals surface area (Å²) in [5.41, 5.74) is 3.90. The third-order valence-electron chi connectivity index (χ3n) is 5.23. The average Bonchev–Trinajstić information content (AvgIpc) is 3.07. The summed E-state index contributed by atoms with van der Waals surface area (Å²) >= 11 is 0. The second-order valence-electron chi connectivity index (χ2n) is 6.98. The lowest BCUT2D eigenvalue weighted by molar-refractivity contribution is 0.260. The van der Waals surface area contributed by atoms with Crippen LogP contribution in [0.15, 0.2) is 67.0 Å². The third kappa shape index (κ3) is 3.67. The third-order valence-corrected chi connectivity index (χ3v) is 5.23. The van der Waals surface area contributed by atoms with Crippen LogP contribution in [0.2, 0.25) is 0 Å². The smallest absolute Gasteiger partial charge is 0.133 e. The Kier molecular flexibility index (Phi) is 4.66. The fourth-order valence-corrected chi connectivity index (χ4v) is 3.69. The standard InChI is InChI=1S/C22H25N3/c1-18-6-5-13-25(18)17-19-9-12-23-22(16-19)24-14-10-21(11-15-24)20-7-3-2-4-8-20/h2-4,7-12,14,16,18H,5-6,13,15,17H2,1H3/t18-/m0/s1. The van der Waals surface area contributed by atoms with Gasteiger partial charge in [0.2, 0.25) is 0 Å². The van der Waals surface area contributed by atoms with Crippen LogP contribution in [0.1, 0.15) is 30.9 Å². The van der Waals surface area contributed by atoms with E-state index in [1.165, 1.54) is 36.1 Å². The van der Waals surface area contributed by atoms with Gasteiger partial charge in [0, 0.05) is 31.5 Å². The molecule has 128 valence electrons. The number of anilines is 1. The van der Waals surface area contributed by atoms with Gasteiger partial charge in [0.25, 0.3) is 0 Å². The zero-order valence-corrected chi connectivity index (χ0v) is 14.8. The lowest BCUT2D eigenvalue weighted by atomic mass is 10.0. The Bertz CT molecular complexity index is 779. The van der Waals surface area contributed by atoms with Gasteiger partial charge in [-0.15, -0.1) is 0 Å². The molecule has 1 saturated heterocycles. The van der Waals surface area contributed by atoms with Crippen LogP contribution >= 0.6 is 0 Å². The highest BCUT2D eigenvalue weighted by atomic mass is 15.2. The van der Waals surface area contributed by atoms with Gasteiger partial charge in [-0.1, -0.05) is 36.4 Å². The molecule has 0 radical (unpaired) electrons. The molecule has 1 aromatic carbocycles. The van der Waals surface area contributed by atoms with E-state index >= 15 is 0 Å². The molecule has 3 nitrogen and oxygen atoms in total. The zero-order valence-electron chi connectivity index (χ0n) is 14.8. The highest BCUT2D eigenvalue weighted by Crippen LogP contribution is 2.24. The molecule has 1 aromatic heterocycles. The van der Waals surface area contributed by atoms with E-state index < -0.39 is 0 Å². The van der Waals surface area contributed by atoms with E-state index in [-0.39, 0.29) is 0 Å². The molecule has 3 heterocycles. The van der Waals surface area contributed by atoms with Crippen LogP contribution in [-0.4, -0.2) is 29.0 Å². The molecular formula is C22H25N3. The molecule has 0 aliphatic carbocycles. The SMILES string of the molecule is C[C@H]1CCCN1Cc1ccnc(N2C=CC(c3ccccc3)=CC2)c1. The van der Waals surface area contributed by atoms with E-state index in [1.807, 2.05) is 6.20 Å². The summed E-state index contributed by atoms with van der Waals surface area (Å²) < 4.78 is 0. The summed E-state index contributed by atoms with van der Waals surface area (Å²) in [7, 11) is 0. The molecule has 0 spiro atoms. The van der Waals surface area contributed by atoms with Gasteiger partial charge in [0.15, 0.2) is 0 Å². The summed E-state index contributed by atoms with van der Waals surface area (Å²) in [4.78, 5) is 9.36. The Balaban J connectivity index is 1.46. The maximum Gasteiger partial charge on any atom is 0.133 e. The van der Waals surface area contributed by atoms with Gasteiger partial charge in [-0.25, -0.2) is 4.98 Å². The molecule has 2 aliphatic rings. The van der Waals surface area contributed by atoms with Crippen molar-refractivity contribution in [1.29, 1.82) is 0 Å². The van der Waals surface area contributed by atoms with Gasteiger partial charge < -0.3 is 4.90 Å². The van der Waals surface area contributed by atoms with Crippen molar-refractivity contribution >= 4 is 11.4 Å². The van der Waals surface area contributed by atoms with Crippen LogP contribution in [0.25, 0.3) is 5.57 Å². The van der Waals surface area contributed by atoms with Crippen molar-refractivity contribution in [2.45, 2.75) is 32.4 Å². The number of benzene rings is 1. The minimum Gasteiger partial charge on any atom is -0.329 e. The second-order valence-corrected chi connectivity index (χ2v) is 6.98. The molecule has 0 N–H and O–H groups in total. The summed E-state index contributed by atoms with van der Waals surface area (Å²) in [6, 6.07) is 15.6. The largest absolute Gasteiger partial charge is 0.329 e. The van der Waals surface area contributed by atoms with Gasteiger partial charge in [0.1, 0.15) is 5.82 Å². The van der Waals surface area contributed by atoms with Crippen LogP contribution in [0.4, 0.5) is 5.82 Å². The Morgan fingerprint density at radius 1 is 1.16 bits per heavy atom. The van der Waals surface area contributed by atoms with Crippen LogP contribution in [0, 0.1) is 0 Å². The van der Waals surface area contributed by atoms with Crippen molar-refractivity contribution in [3.8, 4) is 0 Å². The van der Waals surface area contributed by atoms with Gasteiger partial charge in [-0.05, 0) is 61.2 Å². The highest BCUT2D eigenvalue weighted by Gasteiger charge is 2.20. The van der Waals surface area contributed by atoms with Crippen LogP contribution in [0.5, 0.6) is 0 Å². The van der Waals surface area contributed by atoms with Crippen molar-refractivity contribution in [3.63, 3.8) is 0 Å². The molecule has 3 heteroatoms. The summed E-state index contributed by atoms with van der Waals surface area (Å²) in [5, 5.41) is 0. The molecular weight excluding hydrogens is 306 g/mol. The maximum absolute atomic E-state index is 4.58. The first-order valence-corrected chi connectivity index (χ1v) is 9.19. The number of allylic oxidation sites excluding steroid dienone is 2. The fraction of sp³-hybridized carbons (Fsp3) is 0.318. The zero-order chi connectivity index (χ0) is 17.1. The molecule has 1 atom stereocenters. The van der Waals surface area contributed by atoms with E-state index in [0.717, 1.165) is 18.9 Å². The molecule has 2 aliphatic heterocycles. The molecule has 4 rings (SSSR count). The molecule has 0 unspecified atom stereocenters. The van der Waals surface area contributed by atoms with Gasteiger partial charge >= 0.3 is 0 Å². The van der Waals surface area contributed by atoms with Crippen molar-refractivity contribution in [2.24, 2.45) is 0 Å². The van der Waals surface area contributed by atoms with E-state index in [0.29, 0.717) is 6.04 Å². The summed E-state index contributed by atoms with van der Waals surface area (Å²) in [6.45, 7) is 5.43. The number of rotatable bonds is 4. The predicted molar refractivity (Wildman–Crippen MR) is 104 cm³/mol. The molecule has 0 bridgehead atoms. The number of hydrogen-bond acceptors (Lipinski definition) is 3. The van der Waals surface area contributed by atoms with Crippen molar-refractivity contribution < 1.29 is 0 Å². The van der Waals surface area contributed by atoms with Crippen molar-refractivity contribution in [2.75, 3.05) is 18.0 Å². The van der Waals surface area contributed by atoms with Crippen LogP contribution in [0.3, 0.4) is 0 Å². The van der Waals surface area contributed by atoms with Crippen LogP contribution < -0.4 is 4.90 Å². The van der Waals surface area contributed by atoms with Gasteiger partial charge in [0.05, 0.1) is 0 Å². The number of pyridine rings is 1. The molecule has 2 aromatic rings. The summed E-state index contributed by atoms with van der Waals surface area (Å²) in [5.74, 6) is 1.03. The normalized spacial score (nSPS) is 20.8. The van der Waals surface area contributed by atoms with Crippen molar-refractivity contribution in [1.82, 2.24) is 9.88 Å². The molecule has 25 heavy (non-hydrogen) atoms. The average molecular weight is 331 g/mol. The lowest BCUT2D eigenvalue weighted by Gasteiger charge is -2.24. The topological polar surface area (TPSA) is 19.4 Å². The van der Waals surface area contributed by atoms with Gasteiger partial charge in [-0.3, -0.25) is 4.90 Å². The van der Waals surface area contributed by atoms with Crippen LogP contribution in [-0.2, 0) is 6.54 Å². The summed E-state index contributed by atoms with van der Waals surface area (Å²) in [6.07, 6.45) is 11.2. The molecule has 1 fully saturated rings. The van der Waals surface area contributed by atoms with E-state index in [2.05, 4.69) is 82.5 Å². The van der Waals surface area contributed by atoms with E-state index in [4.69, 9.17) is 0 Å². The number of aromatic nitrogens is 1. The first kappa shape index (κ1) is 16.1. The molecule has 0 amide bonds. The maximum atomic E-state index is 4.58. The Hall–Kier alpha value is -2.39. The minimum atomic E-state index is 0.697. The van der Waals surface area contributed by atoms with E-state index in [1.54, 1.807) is 0 Å². The lowest BCUT2D eigenvalue weighted by Crippen LogP contribution is -2.26. The monoisotopic (exact) mass is 331 g/mol. The Morgan fingerprint density at radius 3 is 2.76 bits per heavy atom. The minimum absolute atomic E-state index is 0.697. The molecule has 0 saturated carbocycles. The first-order chi connectivity index (χ1) is 12.3. The Labute approximate surface area is 150 Å². The van der Waals surface area contributed by atoms with E-state index in [9.17, 15) is 0 Å². The predicted octanol–water partition coefficient (Wildman–Crippen LogP) is 4.48. The van der Waals surface area contributed by atoms with Crippen molar-refractivity contribution in [3.05, 3.63) is 78.1 Å². The quantitative estimate of drug-likeness (QED) is 0.823. The number of likely N-dealkylation sites (tertiary alicyclic amines) is 1. The van der Waals surface area contributed by atoms with Gasteiger partial charge in [-0.2, -0.15) is 0 Å². The number of hydrogen-bond donors (Lipinski definition) is 0. The number of nitrogens with zero attached hydrogens (tertiary/aromatic N) is 3. The fourth-order valence-electron chi connectivity index (χ4n) is 3.69. The first-order valence-electron chi connectivity index (χ1n) is 9.19. The second kappa shape index (κ2) is 7.24. The Morgan fingerprint density at radius 2 is 2.04 bits per heavy atom.